The van der Waals surface area contributed by atoms with Crippen molar-refractivity contribution in [2.75, 3.05) is 13.2 Å². The van der Waals surface area contributed by atoms with Crippen LogP contribution in [0.4, 0.5) is 0 Å². The first-order valence-corrected chi connectivity index (χ1v) is 26.9. The van der Waals surface area contributed by atoms with Gasteiger partial charge in [-0.3, -0.25) is 14.4 Å². The molecule has 1 unspecified atom stereocenters. The van der Waals surface area contributed by atoms with Gasteiger partial charge in [0.15, 0.2) is 6.10 Å². The van der Waals surface area contributed by atoms with E-state index in [1.54, 1.807) is 0 Å². The van der Waals surface area contributed by atoms with E-state index >= 15 is 0 Å². The number of carbonyl (C=O) groups excluding carboxylic acids is 3. The van der Waals surface area contributed by atoms with Gasteiger partial charge in [-0.15, -0.1) is 0 Å². The topological polar surface area (TPSA) is 78.9 Å². The molecule has 0 spiro atoms. The molecule has 0 fully saturated rings. The van der Waals surface area contributed by atoms with Crippen LogP contribution in [-0.4, -0.2) is 37.2 Å². The van der Waals surface area contributed by atoms with Gasteiger partial charge in [0.25, 0.3) is 0 Å². The minimum atomic E-state index is -0.815. The summed E-state index contributed by atoms with van der Waals surface area (Å²) in [5, 5.41) is 0. The maximum absolute atomic E-state index is 12.8. The Hall–Kier alpha value is -3.93. The molecule has 0 aromatic heterocycles. The lowest BCUT2D eigenvalue weighted by Gasteiger charge is -2.18. The van der Waals surface area contributed by atoms with E-state index in [4.69, 9.17) is 14.2 Å². The number of unbranched alkanes of at least 4 members (excludes halogenated alkanes) is 18. The van der Waals surface area contributed by atoms with Crippen LogP contribution >= 0.6 is 0 Å². The van der Waals surface area contributed by atoms with E-state index in [0.29, 0.717) is 19.3 Å². The molecule has 0 aromatic rings. The van der Waals surface area contributed by atoms with Gasteiger partial charge in [-0.05, 0) is 89.9 Å². The Morgan fingerprint density at radius 3 is 1.02 bits per heavy atom. The fourth-order valence-electron chi connectivity index (χ4n) is 7.07. The summed E-state index contributed by atoms with van der Waals surface area (Å²) in [5.41, 5.74) is 0. The van der Waals surface area contributed by atoms with Gasteiger partial charge in [0.2, 0.25) is 0 Å². The molecule has 0 aliphatic rings. The first-order valence-electron chi connectivity index (χ1n) is 26.9. The molecule has 0 aliphatic heterocycles. The molecule has 1 atom stereocenters. The van der Waals surface area contributed by atoms with Crippen LogP contribution in [0.1, 0.15) is 233 Å². The van der Waals surface area contributed by atoms with Crippen molar-refractivity contribution in [1.82, 2.24) is 0 Å². The third-order valence-electron chi connectivity index (χ3n) is 11.0. The highest BCUT2D eigenvalue weighted by molar-refractivity contribution is 5.71. The third-order valence-corrected chi connectivity index (χ3v) is 11.0. The van der Waals surface area contributed by atoms with Crippen LogP contribution < -0.4 is 0 Å². The van der Waals surface area contributed by atoms with Gasteiger partial charge in [-0.2, -0.15) is 0 Å². The van der Waals surface area contributed by atoms with Crippen LogP contribution in [0.3, 0.4) is 0 Å². The molecule has 0 N–H and O–H groups in total. The van der Waals surface area contributed by atoms with Crippen LogP contribution in [0.2, 0.25) is 0 Å². The Kier molecular flexibility index (Phi) is 50.5. The van der Waals surface area contributed by atoms with Crippen LogP contribution in [0.5, 0.6) is 0 Å². The van der Waals surface area contributed by atoms with Crippen LogP contribution in [0.25, 0.3) is 0 Å². The van der Waals surface area contributed by atoms with Crippen LogP contribution in [0, 0.1) is 0 Å². The number of hydrogen-bond donors (Lipinski definition) is 0. The van der Waals surface area contributed by atoms with Crippen molar-refractivity contribution >= 4 is 17.9 Å². The van der Waals surface area contributed by atoms with E-state index in [1.807, 2.05) is 6.08 Å². The summed E-state index contributed by atoms with van der Waals surface area (Å²) in [5.74, 6) is -1.01. The molecule has 66 heavy (non-hydrogen) atoms. The van der Waals surface area contributed by atoms with Crippen molar-refractivity contribution in [3.05, 3.63) is 109 Å². The van der Waals surface area contributed by atoms with Gasteiger partial charge in [0.1, 0.15) is 13.2 Å². The predicted octanol–water partition coefficient (Wildman–Crippen LogP) is 17.9. The summed E-state index contributed by atoms with van der Waals surface area (Å²) in [6.07, 6.45) is 72.2. The molecule has 0 amide bonds. The molecule has 0 bridgehead atoms. The van der Waals surface area contributed by atoms with Gasteiger partial charge in [-0.25, -0.2) is 0 Å². The zero-order valence-corrected chi connectivity index (χ0v) is 42.7. The monoisotopic (exact) mass is 915 g/mol. The summed E-state index contributed by atoms with van der Waals surface area (Å²) in [6.45, 7) is 6.33. The second-order valence-corrected chi connectivity index (χ2v) is 17.4. The summed E-state index contributed by atoms with van der Waals surface area (Å²) >= 11 is 0. The molecule has 0 saturated carbocycles. The third kappa shape index (κ3) is 51.1. The number of carbonyl (C=O) groups is 3. The Balaban J connectivity index is 4.52. The number of rotatable bonds is 47. The first kappa shape index (κ1) is 62.1. The van der Waals surface area contributed by atoms with Crippen molar-refractivity contribution in [3.63, 3.8) is 0 Å². The standard InChI is InChI=1S/C60H98O6/c1-4-7-10-13-16-19-22-25-27-29-30-31-33-35-38-41-44-47-50-53-59(62)65-56-57(55-64-58(61)52-49-46-43-40-37-34-24-21-18-15-12-9-6-3)66-60(63)54-51-48-45-42-39-36-32-28-26-23-20-17-14-11-8-5-2/h7-8,10-11,16-17,19-20,25-28,30-31,35,38,44,47,57H,4-6,9,12-15,18,21-24,29,32-34,36-37,39-43,45-46,48-56H2,1-3H3/b10-7-,11-8-,19-16-,20-17-,27-25-,28-26-,31-30-,38-35-,47-44-. The Morgan fingerprint density at radius 1 is 0.318 bits per heavy atom. The lowest BCUT2D eigenvalue weighted by molar-refractivity contribution is -0.166. The highest BCUT2D eigenvalue weighted by Gasteiger charge is 2.19. The summed E-state index contributed by atoms with van der Waals surface area (Å²) < 4.78 is 16.7. The van der Waals surface area contributed by atoms with E-state index in [-0.39, 0.29) is 37.5 Å². The van der Waals surface area contributed by atoms with Crippen LogP contribution in [-0.2, 0) is 28.6 Å². The second kappa shape index (κ2) is 53.7. The summed E-state index contributed by atoms with van der Waals surface area (Å²) in [4.78, 5) is 38.0. The summed E-state index contributed by atoms with van der Waals surface area (Å²) in [7, 11) is 0. The molecular weight excluding hydrogens is 817 g/mol. The normalized spacial score (nSPS) is 13.0. The van der Waals surface area contributed by atoms with Crippen LogP contribution in [0.15, 0.2) is 109 Å². The SMILES string of the molecule is CC/C=C\C/C=C\C/C=C\C/C=C\C/C=C\C/C=C\CCC(=O)OCC(COC(=O)CCCCCCCCCCCCCCC)OC(=O)CCCCCCCC/C=C\C/C=C\C/C=C\CC. The molecule has 0 aliphatic carbocycles. The number of ether oxygens (including phenoxy) is 3. The fraction of sp³-hybridized carbons (Fsp3) is 0.650. The van der Waals surface area contributed by atoms with E-state index < -0.39 is 6.10 Å². The minimum Gasteiger partial charge on any atom is -0.462 e. The van der Waals surface area contributed by atoms with E-state index in [1.165, 1.54) is 77.0 Å². The molecule has 0 rings (SSSR count). The van der Waals surface area contributed by atoms with Gasteiger partial charge in [0.05, 0.1) is 0 Å². The number of hydrogen-bond acceptors (Lipinski definition) is 6. The number of allylic oxidation sites excluding steroid dienone is 18. The molecule has 6 nitrogen and oxygen atoms in total. The van der Waals surface area contributed by atoms with E-state index in [9.17, 15) is 14.4 Å². The average molecular weight is 915 g/mol. The molecule has 0 radical (unpaired) electrons. The van der Waals surface area contributed by atoms with Gasteiger partial charge < -0.3 is 14.2 Å². The lowest BCUT2D eigenvalue weighted by Crippen LogP contribution is -2.30. The van der Waals surface area contributed by atoms with Gasteiger partial charge in [0, 0.05) is 19.3 Å². The maximum Gasteiger partial charge on any atom is 0.306 e. The van der Waals surface area contributed by atoms with Crippen molar-refractivity contribution < 1.29 is 28.6 Å². The number of esters is 3. The van der Waals surface area contributed by atoms with Crippen molar-refractivity contribution in [1.29, 1.82) is 0 Å². The zero-order valence-electron chi connectivity index (χ0n) is 42.7. The largest absolute Gasteiger partial charge is 0.462 e. The molecule has 0 aromatic carbocycles. The molecule has 374 valence electrons. The van der Waals surface area contributed by atoms with Crippen molar-refractivity contribution in [2.45, 2.75) is 239 Å². The van der Waals surface area contributed by atoms with Gasteiger partial charge >= 0.3 is 17.9 Å². The first-order chi connectivity index (χ1) is 32.5. The Labute approximate surface area is 406 Å². The second-order valence-electron chi connectivity index (χ2n) is 17.4. The zero-order chi connectivity index (χ0) is 47.9. The fourth-order valence-corrected chi connectivity index (χ4v) is 7.07. The molecule has 0 saturated heterocycles. The van der Waals surface area contributed by atoms with Gasteiger partial charge in [-0.1, -0.05) is 233 Å². The van der Waals surface area contributed by atoms with E-state index in [0.717, 1.165) is 109 Å². The molecular formula is C60H98O6. The molecule has 6 heteroatoms. The Bertz CT molecular complexity index is 1370. The smallest absolute Gasteiger partial charge is 0.306 e. The van der Waals surface area contributed by atoms with E-state index in [2.05, 4.69) is 124 Å². The average Bonchev–Trinajstić information content (AvgIpc) is 3.31. The molecule has 0 heterocycles. The maximum atomic E-state index is 12.8. The van der Waals surface area contributed by atoms with Crippen molar-refractivity contribution in [3.8, 4) is 0 Å². The summed E-state index contributed by atoms with van der Waals surface area (Å²) in [6, 6.07) is 0. The minimum absolute atomic E-state index is 0.107. The predicted molar refractivity (Wildman–Crippen MR) is 283 cm³/mol. The Morgan fingerprint density at radius 2 is 0.621 bits per heavy atom. The highest BCUT2D eigenvalue weighted by atomic mass is 16.6. The van der Waals surface area contributed by atoms with Crippen molar-refractivity contribution in [2.24, 2.45) is 0 Å². The quantitative estimate of drug-likeness (QED) is 0.0262. The lowest BCUT2D eigenvalue weighted by atomic mass is 10.0. The highest BCUT2D eigenvalue weighted by Crippen LogP contribution is 2.14.